The van der Waals surface area contributed by atoms with Crippen LogP contribution in [0.3, 0.4) is 0 Å². The van der Waals surface area contributed by atoms with Crippen molar-refractivity contribution in [3.63, 3.8) is 0 Å². The first kappa shape index (κ1) is 30.6. The molecule has 0 spiro atoms. The summed E-state index contributed by atoms with van der Waals surface area (Å²) in [6.07, 6.45) is 0. The molecule has 0 N–H and O–H groups in total. The molecule has 0 unspecified atom stereocenters. The lowest BCUT2D eigenvalue weighted by atomic mass is 9.83. The smallest absolute Gasteiger partial charge is 0.101 e. The largest absolute Gasteiger partial charge is 0.308 e. The number of nitriles is 1. The van der Waals surface area contributed by atoms with Crippen LogP contribution in [0.4, 0.5) is 0 Å². The Morgan fingerprint density at radius 2 is 0.774 bits per heavy atom. The Morgan fingerprint density at radius 1 is 0.340 bits per heavy atom. The van der Waals surface area contributed by atoms with Gasteiger partial charge in [-0.1, -0.05) is 170 Å². The summed E-state index contributed by atoms with van der Waals surface area (Å²) in [6.45, 7) is 0. The molecule has 0 atom stereocenters. The summed E-state index contributed by atoms with van der Waals surface area (Å²) in [5.41, 5.74) is 13.0. The zero-order chi connectivity index (χ0) is 35.3. The van der Waals surface area contributed by atoms with Crippen molar-refractivity contribution >= 4 is 43.4 Å². The fraction of sp³-hybridized carbons (Fsp3) is 0. The summed E-state index contributed by atoms with van der Waals surface area (Å²) >= 11 is 0. The Balaban J connectivity index is 1.22. The Kier molecular flexibility index (Phi) is 7.23. The van der Waals surface area contributed by atoms with Gasteiger partial charge in [-0.3, -0.25) is 0 Å². The number of hydrogen-bond donors (Lipinski definition) is 0. The standard InChI is InChI=1S/C51H32N2/c52-33-36-31-30-35(32-49(36)53-47-28-14-12-21-40(47)41-22-13-15-29-48(41)53)37-18-4-5-19-38(37)39-20-6-7-23-42(39)51-45-26-10-8-24-43(45)50(34-16-2-1-3-17-34)44-25-9-11-27-46(44)51/h1-32H. The van der Waals surface area contributed by atoms with Crippen LogP contribution in [0.25, 0.3) is 93.5 Å². The molecule has 0 bridgehead atoms. The van der Waals surface area contributed by atoms with Crippen LogP contribution in [-0.4, -0.2) is 4.57 Å². The normalized spacial score (nSPS) is 11.4. The van der Waals surface area contributed by atoms with E-state index in [9.17, 15) is 5.26 Å². The molecule has 10 aromatic rings. The van der Waals surface area contributed by atoms with Crippen molar-refractivity contribution in [3.8, 4) is 56.3 Å². The third kappa shape index (κ3) is 4.87. The molecule has 0 radical (unpaired) electrons. The summed E-state index contributed by atoms with van der Waals surface area (Å²) in [5, 5.41) is 17.7. The minimum absolute atomic E-state index is 0.634. The zero-order valence-corrected chi connectivity index (χ0v) is 28.9. The van der Waals surface area contributed by atoms with Gasteiger partial charge in [0.15, 0.2) is 0 Å². The number of hydrogen-bond acceptors (Lipinski definition) is 1. The van der Waals surface area contributed by atoms with Gasteiger partial charge in [0.1, 0.15) is 6.07 Å². The average molecular weight is 673 g/mol. The SMILES string of the molecule is N#Cc1ccc(-c2ccccc2-c2ccccc2-c2c3ccccc3c(-c3ccccc3)c3ccccc23)cc1-n1c2ccccc2c2ccccc21. The predicted molar refractivity (Wildman–Crippen MR) is 222 cm³/mol. The molecule has 9 aromatic carbocycles. The molecule has 10 rings (SSSR count). The highest BCUT2D eigenvalue weighted by atomic mass is 15.0. The highest BCUT2D eigenvalue weighted by Crippen LogP contribution is 2.47. The van der Waals surface area contributed by atoms with Gasteiger partial charge in [0, 0.05) is 10.8 Å². The summed E-state index contributed by atoms with van der Waals surface area (Å²) in [4.78, 5) is 0. The molecule has 2 nitrogen and oxygen atoms in total. The van der Waals surface area contributed by atoms with Gasteiger partial charge in [0.2, 0.25) is 0 Å². The van der Waals surface area contributed by atoms with E-state index in [1.807, 2.05) is 6.07 Å². The van der Waals surface area contributed by atoms with Crippen molar-refractivity contribution < 1.29 is 0 Å². The molecule has 246 valence electrons. The molecule has 0 saturated heterocycles. The van der Waals surface area contributed by atoms with Gasteiger partial charge < -0.3 is 4.57 Å². The third-order valence-electron chi connectivity index (χ3n) is 10.7. The number of aromatic nitrogens is 1. The van der Waals surface area contributed by atoms with E-state index in [1.54, 1.807) is 0 Å². The lowest BCUT2D eigenvalue weighted by molar-refractivity contribution is 1.17. The third-order valence-corrected chi connectivity index (χ3v) is 10.7. The van der Waals surface area contributed by atoms with Gasteiger partial charge in [-0.25, -0.2) is 0 Å². The van der Waals surface area contributed by atoms with Crippen LogP contribution in [-0.2, 0) is 0 Å². The first-order valence-corrected chi connectivity index (χ1v) is 18.0. The molecule has 0 amide bonds. The molecule has 53 heavy (non-hydrogen) atoms. The number of benzene rings is 9. The minimum Gasteiger partial charge on any atom is -0.308 e. The molecule has 0 aliphatic carbocycles. The molecular weight excluding hydrogens is 641 g/mol. The topological polar surface area (TPSA) is 28.7 Å². The van der Waals surface area contributed by atoms with E-state index in [2.05, 4.69) is 199 Å². The Bertz CT molecular complexity index is 2960. The molecule has 0 aliphatic heterocycles. The maximum Gasteiger partial charge on any atom is 0.101 e. The number of rotatable bonds is 5. The number of para-hydroxylation sites is 2. The molecule has 2 heteroatoms. The zero-order valence-electron chi connectivity index (χ0n) is 28.9. The first-order chi connectivity index (χ1) is 26.3. The molecule has 1 heterocycles. The first-order valence-electron chi connectivity index (χ1n) is 18.0. The van der Waals surface area contributed by atoms with Crippen molar-refractivity contribution in [1.82, 2.24) is 4.57 Å². The van der Waals surface area contributed by atoms with Gasteiger partial charge in [-0.2, -0.15) is 5.26 Å². The van der Waals surface area contributed by atoms with E-state index in [1.165, 1.54) is 54.6 Å². The predicted octanol–water partition coefficient (Wildman–Crippen LogP) is 13.6. The molecule has 0 fully saturated rings. The van der Waals surface area contributed by atoms with Crippen LogP contribution in [0.1, 0.15) is 5.56 Å². The monoisotopic (exact) mass is 672 g/mol. The van der Waals surface area contributed by atoms with E-state index >= 15 is 0 Å². The van der Waals surface area contributed by atoms with E-state index in [4.69, 9.17) is 0 Å². The van der Waals surface area contributed by atoms with Crippen molar-refractivity contribution in [2.75, 3.05) is 0 Å². The van der Waals surface area contributed by atoms with Crippen LogP contribution in [0.5, 0.6) is 0 Å². The minimum atomic E-state index is 0.634. The maximum atomic E-state index is 10.4. The number of nitrogens with zero attached hydrogens (tertiary/aromatic N) is 2. The Labute approximate surface area is 308 Å². The summed E-state index contributed by atoms with van der Waals surface area (Å²) in [6, 6.07) is 71.6. The van der Waals surface area contributed by atoms with Crippen molar-refractivity contribution in [2.45, 2.75) is 0 Å². The van der Waals surface area contributed by atoms with Crippen LogP contribution in [0, 0.1) is 11.3 Å². The maximum absolute atomic E-state index is 10.4. The highest BCUT2D eigenvalue weighted by Gasteiger charge is 2.21. The fourth-order valence-electron chi connectivity index (χ4n) is 8.40. The molecule has 0 saturated carbocycles. The van der Waals surface area contributed by atoms with Gasteiger partial charge >= 0.3 is 0 Å². The molecular formula is C51H32N2. The second-order valence-corrected chi connectivity index (χ2v) is 13.5. The van der Waals surface area contributed by atoms with Crippen LogP contribution in [0.15, 0.2) is 194 Å². The van der Waals surface area contributed by atoms with E-state index < -0.39 is 0 Å². The fourth-order valence-corrected chi connectivity index (χ4v) is 8.40. The Hall–Kier alpha value is -7.21. The van der Waals surface area contributed by atoms with E-state index in [0.717, 1.165) is 39.0 Å². The van der Waals surface area contributed by atoms with Crippen LogP contribution < -0.4 is 0 Å². The van der Waals surface area contributed by atoms with Crippen molar-refractivity contribution in [2.24, 2.45) is 0 Å². The second-order valence-electron chi connectivity index (χ2n) is 13.5. The van der Waals surface area contributed by atoms with Gasteiger partial charge in [0.05, 0.1) is 22.3 Å². The molecule has 0 aliphatic rings. The quantitative estimate of drug-likeness (QED) is 0.167. The molecule has 1 aromatic heterocycles. The average Bonchev–Trinajstić information content (AvgIpc) is 3.57. The highest BCUT2D eigenvalue weighted by molar-refractivity contribution is 6.22. The second kappa shape index (κ2) is 12.5. The van der Waals surface area contributed by atoms with Gasteiger partial charge in [-0.05, 0) is 90.3 Å². The van der Waals surface area contributed by atoms with E-state index in [-0.39, 0.29) is 0 Å². The van der Waals surface area contributed by atoms with Gasteiger partial charge in [0.25, 0.3) is 0 Å². The van der Waals surface area contributed by atoms with Crippen LogP contribution >= 0.6 is 0 Å². The summed E-state index contributed by atoms with van der Waals surface area (Å²) < 4.78 is 2.25. The Morgan fingerprint density at radius 3 is 1.34 bits per heavy atom. The van der Waals surface area contributed by atoms with Crippen LogP contribution in [0.2, 0.25) is 0 Å². The lowest BCUT2D eigenvalue weighted by Gasteiger charge is -2.21. The van der Waals surface area contributed by atoms with Crippen molar-refractivity contribution in [1.29, 1.82) is 5.26 Å². The number of fused-ring (bicyclic) bond motifs is 5. The van der Waals surface area contributed by atoms with Crippen molar-refractivity contribution in [3.05, 3.63) is 200 Å². The summed E-state index contributed by atoms with van der Waals surface area (Å²) in [5.74, 6) is 0. The van der Waals surface area contributed by atoms with E-state index in [0.29, 0.717) is 5.56 Å². The lowest BCUT2D eigenvalue weighted by Crippen LogP contribution is -1.99. The van der Waals surface area contributed by atoms with Gasteiger partial charge in [-0.15, -0.1) is 0 Å². The summed E-state index contributed by atoms with van der Waals surface area (Å²) in [7, 11) is 0.